The number of benzene rings is 3. The van der Waals surface area contributed by atoms with E-state index in [1.165, 1.54) is 54.5 Å². The fourth-order valence-electron chi connectivity index (χ4n) is 5.62. The molecule has 1 saturated carbocycles. The predicted molar refractivity (Wildman–Crippen MR) is 167 cm³/mol. The minimum absolute atomic E-state index is 0.0648. The summed E-state index contributed by atoms with van der Waals surface area (Å²) >= 11 is 0. The van der Waals surface area contributed by atoms with Crippen molar-refractivity contribution in [3.8, 4) is 5.75 Å². The van der Waals surface area contributed by atoms with Crippen LogP contribution in [0, 0.1) is 5.92 Å². The number of sulfonamides is 1. The molecule has 3 aromatic rings. The normalized spacial score (nSPS) is 15.7. The highest BCUT2D eigenvalue weighted by Crippen LogP contribution is 2.28. The molecule has 0 spiro atoms. The molecule has 0 bridgehead atoms. The number of hydrogen-bond acceptors (Lipinski definition) is 6. The first kappa shape index (κ1) is 34.3. The van der Waals surface area contributed by atoms with Gasteiger partial charge in [-0.3, -0.25) is 9.52 Å². The van der Waals surface area contributed by atoms with Gasteiger partial charge < -0.3 is 20.5 Å². The second-order valence-electron chi connectivity index (χ2n) is 11.5. The summed E-state index contributed by atoms with van der Waals surface area (Å²) in [5, 5.41) is 17.3. The Hall–Kier alpha value is -3.61. The van der Waals surface area contributed by atoms with Crippen LogP contribution < -0.4 is 20.1 Å². The van der Waals surface area contributed by atoms with Gasteiger partial charge in [0.1, 0.15) is 5.75 Å². The van der Waals surface area contributed by atoms with Gasteiger partial charge in [0.2, 0.25) is 0 Å². The van der Waals surface area contributed by atoms with Crippen LogP contribution in [0.25, 0.3) is 0 Å². The zero-order chi connectivity index (χ0) is 32.5. The van der Waals surface area contributed by atoms with Crippen molar-refractivity contribution in [3.05, 3.63) is 95.1 Å². The average Bonchev–Trinajstić information content (AvgIpc) is 3.01. The number of methoxy groups -OCH3 is 1. The van der Waals surface area contributed by atoms with Crippen LogP contribution in [0.4, 0.5) is 18.9 Å². The number of ether oxygens (including phenoxy) is 1. The van der Waals surface area contributed by atoms with Crippen molar-refractivity contribution in [1.29, 1.82) is 0 Å². The van der Waals surface area contributed by atoms with E-state index < -0.39 is 39.3 Å². The number of amides is 1. The Kier molecular flexibility index (Phi) is 11.9. The Bertz CT molecular complexity index is 1530. The number of carbonyl (C=O) groups is 1. The molecule has 12 heteroatoms. The van der Waals surface area contributed by atoms with E-state index in [0.717, 1.165) is 29.7 Å². The summed E-state index contributed by atoms with van der Waals surface area (Å²) in [4.78, 5) is 13.3. The van der Waals surface area contributed by atoms with E-state index in [2.05, 4.69) is 22.8 Å². The van der Waals surface area contributed by atoms with E-state index >= 15 is 0 Å². The highest BCUT2D eigenvalue weighted by atomic mass is 32.2. The highest BCUT2D eigenvalue weighted by molar-refractivity contribution is 7.93. The molecule has 3 aromatic carbocycles. The van der Waals surface area contributed by atoms with Crippen molar-refractivity contribution < 1.29 is 36.2 Å². The van der Waals surface area contributed by atoms with Crippen LogP contribution in [-0.2, 0) is 29.4 Å². The fraction of sp³-hybridized carbons (Fsp3) is 0.424. The van der Waals surface area contributed by atoms with Crippen LogP contribution >= 0.6 is 0 Å². The number of aliphatic hydroxyl groups is 1. The quantitative estimate of drug-likeness (QED) is 0.182. The molecule has 0 aliphatic heterocycles. The third kappa shape index (κ3) is 10.2. The predicted octanol–water partition coefficient (Wildman–Crippen LogP) is 5.57. The second kappa shape index (κ2) is 15.6. The number of hydrogen-bond donors (Lipinski definition) is 4. The third-order valence-corrected chi connectivity index (χ3v) is 9.09. The third-order valence-electron chi connectivity index (χ3n) is 7.98. The molecule has 2 atom stereocenters. The Morgan fingerprint density at radius 1 is 0.956 bits per heavy atom. The molecule has 1 aliphatic rings. The summed E-state index contributed by atoms with van der Waals surface area (Å²) in [6.07, 6.45) is 6.41. The highest BCUT2D eigenvalue weighted by Gasteiger charge is 2.46. The summed E-state index contributed by atoms with van der Waals surface area (Å²) in [6, 6.07) is 19.6. The molecule has 4 N–H and O–H groups in total. The van der Waals surface area contributed by atoms with Gasteiger partial charge in [0.05, 0.1) is 19.3 Å². The molecule has 8 nitrogen and oxygen atoms in total. The van der Waals surface area contributed by atoms with Crippen LogP contribution in [0.2, 0.25) is 0 Å². The molecule has 1 amide bonds. The fourth-order valence-corrected chi connectivity index (χ4v) is 6.18. The molecular formula is C33H40F3N3O5S. The van der Waals surface area contributed by atoms with E-state index in [0.29, 0.717) is 24.6 Å². The summed E-state index contributed by atoms with van der Waals surface area (Å²) in [7, 11) is -4.08. The molecule has 0 saturated heterocycles. The minimum atomic E-state index is -5.66. The van der Waals surface area contributed by atoms with Gasteiger partial charge in [0.25, 0.3) is 5.91 Å². The second-order valence-corrected chi connectivity index (χ2v) is 13.2. The lowest BCUT2D eigenvalue weighted by molar-refractivity contribution is -0.0429. The van der Waals surface area contributed by atoms with Crippen LogP contribution in [0.3, 0.4) is 0 Å². The van der Waals surface area contributed by atoms with Crippen molar-refractivity contribution in [2.45, 2.75) is 69.1 Å². The summed E-state index contributed by atoms with van der Waals surface area (Å²) in [5.41, 5.74) is -2.93. The molecule has 1 aliphatic carbocycles. The van der Waals surface area contributed by atoms with Crippen molar-refractivity contribution in [1.82, 2.24) is 10.6 Å². The van der Waals surface area contributed by atoms with Gasteiger partial charge in [-0.1, -0.05) is 74.6 Å². The molecule has 0 radical (unpaired) electrons. The van der Waals surface area contributed by atoms with Crippen molar-refractivity contribution >= 4 is 21.6 Å². The molecule has 4 rings (SSSR count). The zero-order valence-corrected chi connectivity index (χ0v) is 26.0. The lowest BCUT2D eigenvalue weighted by atomic mass is 9.84. The van der Waals surface area contributed by atoms with Crippen molar-refractivity contribution in [2.75, 3.05) is 18.4 Å². The van der Waals surface area contributed by atoms with Gasteiger partial charge in [-0.15, -0.1) is 0 Å². The van der Waals surface area contributed by atoms with Crippen LogP contribution in [0.5, 0.6) is 5.75 Å². The first-order chi connectivity index (χ1) is 21.4. The molecule has 244 valence electrons. The van der Waals surface area contributed by atoms with Gasteiger partial charge in [-0.2, -0.15) is 21.6 Å². The molecule has 45 heavy (non-hydrogen) atoms. The maximum Gasteiger partial charge on any atom is 0.516 e. The van der Waals surface area contributed by atoms with Crippen LogP contribution in [-0.4, -0.2) is 50.7 Å². The zero-order valence-electron chi connectivity index (χ0n) is 25.1. The SMILES string of the molecule is COc1cccc(CNC[C@@H](O)C(Cc2cccc(CC3CCCCC3)c2)NC(=O)c2cccc(NS(=O)(=O)C(F)(F)F)c2)c1. The standard InChI is InChI=1S/C33H40F3N3O5S/c1-44-29-15-6-12-26(18-29)21-37-22-31(40)30(19-25-11-5-10-24(17-25)16-23-8-3-2-4-9-23)38-32(41)27-13-7-14-28(20-27)39-45(42,43)33(34,35)36/h5-7,10-15,17-18,20,23,30-31,37,39-40H,2-4,8-9,16,19,21-22H2,1H3,(H,38,41)/t30?,31-/m1/s1. The molecule has 0 heterocycles. The summed E-state index contributed by atoms with van der Waals surface area (Å²) in [6.45, 7) is 0.572. The number of nitrogens with one attached hydrogen (secondary N) is 3. The van der Waals surface area contributed by atoms with Gasteiger partial charge in [-0.05, 0) is 65.8 Å². The Balaban J connectivity index is 1.49. The van der Waals surface area contributed by atoms with Crippen molar-refractivity contribution in [2.24, 2.45) is 5.92 Å². The maximum atomic E-state index is 13.3. The minimum Gasteiger partial charge on any atom is -0.497 e. The Morgan fingerprint density at radius 2 is 1.64 bits per heavy atom. The lowest BCUT2D eigenvalue weighted by Gasteiger charge is -2.26. The average molecular weight is 648 g/mol. The van der Waals surface area contributed by atoms with Crippen molar-refractivity contribution in [3.63, 3.8) is 0 Å². The number of rotatable bonds is 14. The molecule has 0 aromatic heterocycles. The van der Waals surface area contributed by atoms with E-state index in [1.807, 2.05) is 36.4 Å². The first-order valence-corrected chi connectivity index (χ1v) is 16.5. The monoisotopic (exact) mass is 647 g/mol. The topological polar surface area (TPSA) is 117 Å². The smallest absolute Gasteiger partial charge is 0.497 e. The molecule has 1 unspecified atom stereocenters. The number of aliphatic hydroxyl groups excluding tert-OH is 1. The van der Waals surface area contributed by atoms with Gasteiger partial charge in [0.15, 0.2) is 0 Å². The van der Waals surface area contributed by atoms with Gasteiger partial charge >= 0.3 is 15.5 Å². The van der Waals surface area contributed by atoms with E-state index in [4.69, 9.17) is 4.74 Å². The lowest BCUT2D eigenvalue weighted by Crippen LogP contribution is -2.48. The number of anilines is 1. The van der Waals surface area contributed by atoms with Crippen LogP contribution in [0.1, 0.15) is 59.2 Å². The molecular weight excluding hydrogens is 607 g/mol. The molecule has 1 fully saturated rings. The largest absolute Gasteiger partial charge is 0.516 e. The van der Waals surface area contributed by atoms with E-state index in [-0.39, 0.29) is 12.1 Å². The Labute approximate surface area is 262 Å². The van der Waals surface area contributed by atoms with E-state index in [9.17, 15) is 31.5 Å². The van der Waals surface area contributed by atoms with Crippen LogP contribution in [0.15, 0.2) is 72.8 Å². The Morgan fingerprint density at radius 3 is 2.38 bits per heavy atom. The summed E-state index contributed by atoms with van der Waals surface area (Å²) < 4.78 is 68.5. The van der Waals surface area contributed by atoms with Gasteiger partial charge in [-0.25, -0.2) is 0 Å². The number of alkyl halides is 3. The number of carbonyl (C=O) groups excluding carboxylic acids is 1. The summed E-state index contributed by atoms with van der Waals surface area (Å²) in [5.74, 6) is 0.670. The number of halogens is 3. The van der Waals surface area contributed by atoms with E-state index in [1.54, 1.807) is 7.11 Å². The van der Waals surface area contributed by atoms with Gasteiger partial charge in [0, 0.05) is 24.3 Å². The maximum absolute atomic E-state index is 13.3. The first-order valence-electron chi connectivity index (χ1n) is 15.0.